The summed E-state index contributed by atoms with van der Waals surface area (Å²) in [5.74, 6) is -0.804. The molecule has 0 unspecified atom stereocenters. The number of rotatable bonds is 2. The van der Waals surface area contributed by atoms with Gasteiger partial charge in [-0.1, -0.05) is 23.9 Å². The Hall–Kier alpha value is -1.49. The van der Waals surface area contributed by atoms with Gasteiger partial charge < -0.3 is 10.1 Å². The van der Waals surface area contributed by atoms with Gasteiger partial charge in [0.15, 0.2) is 5.25 Å². The van der Waals surface area contributed by atoms with E-state index < -0.39 is 11.2 Å². The van der Waals surface area contributed by atoms with Gasteiger partial charge in [-0.15, -0.1) is 0 Å². The number of nitrogens with one attached hydrogen (secondary N) is 1. The molecule has 5 heteroatoms. The standard InChI is InChI=1S/C11H11NO3S/c1-2-15-11(14)9-10(13)12-7-5-3-4-6-8(7)16-9/h3-6,9H,2H2,1H3,(H,12,13)/t9-/m1/s1. The first-order valence-electron chi connectivity index (χ1n) is 4.95. The minimum absolute atomic E-state index is 0.283. The zero-order valence-corrected chi connectivity index (χ0v) is 9.54. The Balaban J connectivity index is 2.21. The molecule has 1 N–H and O–H groups in total. The van der Waals surface area contributed by atoms with Crippen LogP contribution in [0, 0.1) is 0 Å². The topological polar surface area (TPSA) is 55.4 Å². The maximum absolute atomic E-state index is 11.6. The lowest BCUT2D eigenvalue weighted by molar-refractivity contribution is -0.144. The average molecular weight is 237 g/mol. The van der Waals surface area contributed by atoms with Crippen molar-refractivity contribution in [3.63, 3.8) is 0 Å². The third-order valence-electron chi connectivity index (χ3n) is 2.13. The van der Waals surface area contributed by atoms with Crippen molar-refractivity contribution >= 4 is 29.3 Å². The third kappa shape index (κ3) is 2.04. The van der Waals surface area contributed by atoms with Crippen LogP contribution in [0.3, 0.4) is 0 Å². The number of carbonyl (C=O) groups excluding carboxylic acids is 2. The van der Waals surface area contributed by atoms with Crippen LogP contribution in [-0.2, 0) is 14.3 Å². The Bertz CT molecular complexity index is 433. The molecule has 84 valence electrons. The first-order valence-corrected chi connectivity index (χ1v) is 5.83. The van der Waals surface area contributed by atoms with E-state index in [1.54, 1.807) is 6.92 Å². The lowest BCUT2D eigenvalue weighted by atomic mass is 10.3. The summed E-state index contributed by atoms with van der Waals surface area (Å²) >= 11 is 1.23. The summed E-state index contributed by atoms with van der Waals surface area (Å²) in [6, 6.07) is 7.38. The lowest BCUT2D eigenvalue weighted by Gasteiger charge is -2.22. The zero-order valence-electron chi connectivity index (χ0n) is 8.73. The second-order valence-corrected chi connectivity index (χ2v) is 4.38. The number of esters is 1. The highest BCUT2D eigenvalue weighted by atomic mass is 32.2. The number of benzene rings is 1. The smallest absolute Gasteiger partial charge is 0.329 e. The fraction of sp³-hybridized carbons (Fsp3) is 0.273. The minimum atomic E-state index is -0.796. The molecular weight excluding hydrogens is 226 g/mol. The van der Waals surface area contributed by atoms with Crippen LogP contribution in [0.4, 0.5) is 5.69 Å². The number of ether oxygens (including phenoxy) is 1. The number of amides is 1. The number of anilines is 1. The van der Waals surface area contributed by atoms with Gasteiger partial charge in [0.1, 0.15) is 0 Å². The van der Waals surface area contributed by atoms with E-state index in [9.17, 15) is 9.59 Å². The van der Waals surface area contributed by atoms with Crippen molar-refractivity contribution in [3.8, 4) is 0 Å². The van der Waals surface area contributed by atoms with Gasteiger partial charge in [0, 0.05) is 4.90 Å². The number of hydrogen-bond acceptors (Lipinski definition) is 4. The molecule has 1 amide bonds. The maximum Gasteiger partial charge on any atom is 0.329 e. The molecule has 16 heavy (non-hydrogen) atoms. The van der Waals surface area contributed by atoms with Gasteiger partial charge in [0.2, 0.25) is 5.91 Å². The Morgan fingerprint density at radius 3 is 3.00 bits per heavy atom. The molecule has 0 spiro atoms. The van der Waals surface area contributed by atoms with Crippen LogP contribution in [0.5, 0.6) is 0 Å². The van der Waals surface area contributed by atoms with Crippen LogP contribution in [0.25, 0.3) is 0 Å². The summed E-state index contributed by atoms with van der Waals surface area (Å²) in [6.07, 6.45) is 0. The highest BCUT2D eigenvalue weighted by Crippen LogP contribution is 2.35. The molecule has 0 radical (unpaired) electrons. The predicted molar refractivity (Wildman–Crippen MR) is 61.3 cm³/mol. The number of carbonyl (C=O) groups is 2. The second-order valence-electron chi connectivity index (χ2n) is 3.24. The van der Waals surface area contributed by atoms with Crippen LogP contribution >= 0.6 is 11.8 Å². The number of hydrogen-bond donors (Lipinski definition) is 1. The van der Waals surface area contributed by atoms with Crippen LogP contribution in [0.1, 0.15) is 6.92 Å². The molecule has 0 saturated carbocycles. The lowest BCUT2D eigenvalue weighted by Crippen LogP contribution is -2.36. The molecule has 1 aliphatic rings. The summed E-state index contributed by atoms with van der Waals surface area (Å²) in [6.45, 7) is 2.00. The summed E-state index contributed by atoms with van der Waals surface area (Å²) in [5, 5.41) is 1.89. The van der Waals surface area contributed by atoms with Crippen molar-refractivity contribution in [3.05, 3.63) is 24.3 Å². The van der Waals surface area contributed by atoms with Crippen molar-refractivity contribution in [1.82, 2.24) is 0 Å². The third-order valence-corrected chi connectivity index (χ3v) is 3.38. The Kier molecular flexibility index (Phi) is 3.14. The van der Waals surface area contributed by atoms with E-state index in [0.717, 1.165) is 10.6 Å². The van der Waals surface area contributed by atoms with Gasteiger partial charge in [0.05, 0.1) is 12.3 Å². The molecular formula is C11H11NO3S. The van der Waals surface area contributed by atoms with E-state index in [2.05, 4.69) is 5.32 Å². The van der Waals surface area contributed by atoms with E-state index in [-0.39, 0.29) is 12.5 Å². The monoisotopic (exact) mass is 237 g/mol. The molecule has 0 fully saturated rings. The molecule has 0 bridgehead atoms. The average Bonchev–Trinajstić information content (AvgIpc) is 2.28. The zero-order chi connectivity index (χ0) is 11.5. The SMILES string of the molecule is CCOC(=O)[C@@H]1Sc2ccccc2NC1=O. The number of thioether (sulfide) groups is 1. The van der Waals surface area contributed by atoms with Gasteiger partial charge in [-0.2, -0.15) is 0 Å². The fourth-order valence-electron chi connectivity index (χ4n) is 1.42. The van der Waals surface area contributed by atoms with Crippen molar-refractivity contribution in [2.24, 2.45) is 0 Å². The molecule has 0 aliphatic carbocycles. The molecule has 1 aromatic rings. The van der Waals surface area contributed by atoms with E-state index in [1.807, 2.05) is 24.3 Å². The van der Waals surface area contributed by atoms with Crippen molar-refractivity contribution in [2.75, 3.05) is 11.9 Å². The fourth-order valence-corrected chi connectivity index (χ4v) is 2.41. The first kappa shape index (κ1) is 11.0. The van der Waals surface area contributed by atoms with Crippen LogP contribution in [0.2, 0.25) is 0 Å². The molecule has 1 aromatic carbocycles. The molecule has 0 aromatic heterocycles. The molecule has 2 rings (SSSR count). The summed E-state index contributed by atoms with van der Waals surface area (Å²) in [5.41, 5.74) is 0.748. The van der Waals surface area contributed by atoms with Gasteiger partial charge in [0.25, 0.3) is 0 Å². The van der Waals surface area contributed by atoms with E-state index in [4.69, 9.17) is 4.74 Å². The minimum Gasteiger partial charge on any atom is -0.465 e. The molecule has 4 nitrogen and oxygen atoms in total. The summed E-state index contributed by atoms with van der Waals surface area (Å²) in [4.78, 5) is 24.0. The predicted octanol–water partition coefficient (Wildman–Crippen LogP) is 1.66. The molecule has 1 atom stereocenters. The van der Waals surface area contributed by atoms with Crippen molar-refractivity contribution < 1.29 is 14.3 Å². The first-order chi connectivity index (χ1) is 7.72. The Morgan fingerprint density at radius 1 is 1.50 bits per heavy atom. The van der Waals surface area contributed by atoms with Crippen LogP contribution < -0.4 is 5.32 Å². The van der Waals surface area contributed by atoms with Crippen LogP contribution in [0.15, 0.2) is 29.2 Å². The highest BCUT2D eigenvalue weighted by molar-refractivity contribution is 8.01. The second kappa shape index (κ2) is 4.57. The van der Waals surface area contributed by atoms with Gasteiger partial charge >= 0.3 is 5.97 Å². The Labute approximate surface area is 97.4 Å². The van der Waals surface area contributed by atoms with Crippen molar-refractivity contribution in [2.45, 2.75) is 17.1 Å². The highest BCUT2D eigenvalue weighted by Gasteiger charge is 2.33. The molecule has 1 aliphatic heterocycles. The van der Waals surface area contributed by atoms with E-state index >= 15 is 0 Å². The molecule has 1 heterocycles. The number of para-hydroxylation sites is 1. The van der Waals surface area contributed by atoms with E-state index in [0.29, 0.717) is 0 Å². The largest absolute Gasteiger partial charge is 0.465 e. The van der Waals surface area contributed by atoms with Crippen LogP contribution in [-0.4, -0.2) is 23.7 Å². The number of fused-ring (bicyclic) bond motifs is 1. The van der Waals surface area contributed by atoms with Gasteiger partial charge in [-0.3, -0.25) is 9.59 Å². The normalized spacial score (nSPS) is 18.6. The maximum atomic E-state index is 11.6. The Morgan fingerprint density at radius 2 is 2.25 bits per heavy atom. The quantitative estimate of drug-likeness (QED) is 0.628. The summed E-state index contributed by atoms with van der Waals surface area (Å²) in [7, 11) is 0. The van der Waals surface area contributed by atoms with Gasteiger partial charge in [-0.25, -0.2) is 0 Å². The van der Waals surface area contributed by atoms with Gasteiger partial charge in [-0.05, 0) is 19.1 Å². The van der Waals surface area contributed by atoms with Crippen molar-refractivity contribution in [1.29, 1.82) is 0 Å². The molecule has 0 saturated heterocycles. The van der Waals surface area contributed by atoms with E-state index in [1.165, 1.54) is 11.8 Å². The summed E-state index contributed by atoms with van der Waals surface area (Å²) < 4.78 is 4.85.